The number of carbonyl (C=O) groups excluding carboxylic acids is 2. The van der Waals surface area contributed by atoms with E-state index in [1.54, 1.807) is 12.1 Å². The first-order valence-corrected chi connectivity index (χ1v) is 11.0. The molecule has 0 atom stereocenters. The zero-order valence-electron chi connectivity index (χ0n) is 15.6. The molecule has 0 spiro atoms. The molecule has 1 N–H and O–H groups in total. The summed E-state index contributed by atoms with van der Waals surface area (Å²) in [6.45, 7) is -0.391. The van der Waals surface area contributed by atoms with Gasteiger partial charge in [0.2, 0.25) is 0 Å². The van der Waals surface area contributed by atoms with Crippen LogP contribution in [0.5, 0.6) is 0 Å². The van der Waals surface area contributed by atoms with Gasteiger partial charge in [-0.15, -0.1) is 11.3 Å². The number of para-hydroxylation sites is 2. The number of hydrogen-bond donors (Lipinski definition) is 1. The lowest BCUT2D eigenvalue weighted by Crippen LogP contribution is -2.22. The maximum atomic E-state index is 12.8. The molecule has 30 heavy (non-hydrogen) atoms. The molecule has 0 aliphatic heterocycles. The van der Waals surface area contributed by atoms with Crippen LogP contribution in [0.4, 0.5) is 5.69 Å². The molecule has 4 rings (SSSR count). The second-order valence-electron chi connectivity index (χ2n) is 6.24. The highest BCUT2D eigenvalue weighted by molar-refractivity contribution is 14.1. The number of amides is 1. The van der Waals surface area contributed by atoms with Gasteiger partial charge in [0.1, 0.15) is 5.69 Å². The van der Waals surface area contributed by atoms with Gasteiger partial charge in [-0.3, -0.25) is 4.79 Å². The molecule has 2 heterocycles. The molecule has 6 nitrogen and oxygen atoms in total. The quantitative estimate of drug-likeness (QED) is 0.282. The lowest BCUT2D eigenvalue weighted by molar-refractivity contribution is -0.119. The number of thiophene rings is 1. The number of carbonyl (C=O) groups is 2. The van der Waals surface area contributed by atoms with Gasteiger partial charge in [0.15, 0.2) is 12.3 Å². The van der Waals surface area contributed by atoms with Crippen LogP contribution in [0.3, 0.4) is 0 Å². The van der Waals surface area contributed by atoms with Crippen molar-refractivity contribution >= 4 is 51.5 Å². The zero-order valence-corrected chi connectivity index (χ0v) is 18.6. The van der Waals surface area contributed by atoms with E-state index in [1.807, 2.05) is 66.0 Å². The van der Waals surface area contributed by atoms with E-state index in [1.165, 1.54) is 16.0 Å². The first kappa shape index (κ1) is 20.3. The average molecular weight is 529 g/mol. The Morgan fingerprint density at radius 3 is 2.53 bits per heavy atom. The number of ether oxygens (including phenoxy) is 1. The van der Waals surface area contributed by atoms with Gasteiger partial charge in [-0.05, 0) is 58.3 Å². The zero-order chi connectivity index (χ0) is 20.9. The molecule has 4 aromatic rings. The number of anilines is 1. The topological polar surface area (TPSA) is 73.2 Å². The van der Waals surface area contributed by atoms with Crippen LogP contribution in [-0.4, -0.2) is 28.3 Å². The van der Waals surface area contributed by atoms with Crippen molar-refractivity contribution in [2.75, 3.05) is 11.9 Å². The molecular weight excluding hydrogens is 513 g/mol. The summed E-state index contributed by atoms with van der Waals surface area (Å²) in [6, 6.07) is 22.3. The fraction of sp³-hybridized carbons (Fsp3) is 0.0455. The molecule has 150 valence electrons. The van der Waals surface area contributed by atoms with E-state index in [0.717, 1.165) is 14.1 Å². The smallest absolute Gasteiger partial charge is 0.357 e. The van der Waals surface area contributed by atoms with Crippen molar-refractivity contribution in [2.45, 2.75) is 0 Å². The Morgan fingerprint density at radius 2 is 1.80 bits per heavy atom. The summed E-state index contributed by atoms with van der Waals surface area (Å²) in [5.41, 5.74) is 2.33. The van der Waals surface area contributed by atoms with Crippen LogP contribution < -0.4 is 5.32 Å². The van der Waals surface area contributed by atoms with Crippen molar-refractivity contribution in [3.63, 3.8) is 0 Å². The summed E-state index contributed by atoms with van der Waals surface area (Å²) in [4.78, 5) is 26.0. The van der Waals surface area contributed by atoms with Crippen molar-refractivity contribution in [2.24, 2.45) is 0 Å². The number of halogens is 1. The van der Waals surface area contributed by atoms with Gasteiger partial charge in [0, 0.05) is 9.64 Å². The summed E-state index contributed by atoms with van der Waals surface area (Å²) < 4.78 is 7.72. The second-order valence-corrected chi connectivity index (χ2v) is 8.35. The van der Waals surface area contributed by atoms with E-state index in [9.17, 15) is 9.59 Å². The van der Waals surface area contributed by atoms with Crippen LogP contribution in [0.15, 0.2) is 78.2 Å². The van der Waals surface area contributed by atoms with Gasteiger partial charge in [0.05, 0.1) is 16.3 Å². The maximum Gasteiger partial charge on any atom is 0.357 e. The Morgan fingerprint density at radius 1 is 1.03 bits per heavy atom. The molecule has 8 heteroatoms. The third kappa shape index (κ3) is 4.60. The Balaban J connectivity index is 1.53. The standard InChI is InChI=1S/C22H16IN3O3S/c23-16-9-4-5-10-17(16)24-21(27)14-29-22(28)19-13-18(20-11-6-12-30-20)25-26(19)15-7-2-1-3-8-15/h1-13H,14H2,(H,24,27). The molecule has 0 aliphatic rings. The number of rotatable bonds is 6. The summed E-state index contributed by atoms with van der Waals surface area (Å²) in [5.74, 6) is -1.02. The monoisotopic (exact) mass is 529 g/mol. The van der Waals surface area contributed by atoms with Gasteiger partial charge in [0.25, 0.3) is 5.91 Å². The number of aromatic nitrogens is 2. The molecule has 2 aromatic carbocycles. The fourth-order valence-corrected chi connectivity index (χ4v) is 3.99. The van der Waals surface area contributed by atoms with Gasteiger partial charge in [-0.2, -0.15) is 5.10 Å². The van der Waals surface area contributed by atoms with Crippen LogP contribution in [0.2, 0.25) is 0 Å². The van der Waals surface area contributed by atoms with Crippen molar-refractivity contribution in [3.8, 4) is 16.3 Å². The Labute approximate surface area is 190 Å². The number of benzene rings is 2. The van der Waals surface area contributed by atoms with Crippen molar-refractivity contribution < 1.29 is 14.3 Å². The van der Waals surface area contributed by atoms with E-state index in [0.29, 0.717) is 11.4 Å². The molecule has 0 aliphatic carbocycles. The van der Waals surface area contributed by atoms with Crippen LogP contribution in [0.25, 0.3) is 16.3 Å². The van der Waals surface area contributed by atoms with Crippen LogP contribution in [0, 0.1) is 3.57 Å². The lowest BCUT2D eigenvalue weighted by Gasteiger charge is -2.09. The minimum atomic E-state index is -0.618. The van der Waals surface area contributed by atoms with Gasteiger partial charge < -0.3 is 10.1 Å². The van der Waals surface area contributed by atoms with E-state index in [2.05, 4.69) is 33.0 Å². The summed E-state index contributed by atoms with van der Waals surface area (Å²) >= 11 is 3.66. The highest BCUT2D eigenvalue weighted by Crippen LogP contribution is 2.26. The molecule has 0 unspecified atom stereocenters. The molecular formula is C22H16IN3O3S. The number of esters is 1. The minimum absolute atomic E-state index is 0.256. The summed E-state index contributed by atoms with van der Waals surface area (Å²) in [6.07, 6.45) is 0. The number of nitrogens with one attached hydrogen (secondary N) is 1. The number of nitrogens with zero attached hydrogens (tertiary/aromatic N) is 2. The van der Waals surface area contributed by atoms with Gasteiger partial charge in [-0.1, -0.05) is 36.4 Å². The Kier molecular flexibility index (Phi) is 6.24. The first-order chi connectivity index (χ1) is 14.6. The first-order valence-electron chi connectivity index (χ1n) is 9.02. The maximum absolute atomic E-state index is 12.8. The SMILES string of the molecule is O=C(COC(=O)c1cc(-c2cccs2)nn1-c1ccccc1)Nc1ccccc1I. The molecule has 0 saturated heterocycles. The van der Waals surface area contributed by atoms with E-state index >= 15 is 0 Å². The minimum Gasteiger partial charge on any atom is -0.451 e. The highest BCUT2D eigenvalue weighted by Gasteiger charge is 2.20. The van der Waals surface area contributed by atoms with E-state index in [4.69, 9.17) is 4.74 Å². The third-order valence-corrected chi connectivity index (χ3v) is 6.01. The fourth-order valence-electron chi connectivity index (χ4n) is 2.79. The lowest BCUT2D eigenvalue weighted by atomic mass is 10.3. The second kappa shape index (κ2) is 9.23. The molecule has 1 amide bonds. The number of hydrogen-bond acceptors (Lipinski definition) is 5. The molecule has 0 bridgehead atoms. The predicted molar refractivity (Wildman–Crippen MR) is 125 cm³/mol. The van der Waals surface area contributed by atoms with E-state index in [-0.39, 0.29) is 5.69 Å². The molecule has 2 aromatic heterocycles. The largest absolute Gasteiger partial charge is 0.451 e. The third-order valence-electron chi connectivity index (χ3n) is 4.18. The van der Waals surface area contributed by atoms with E-state index < -0.39 is 18.5 Å². The van der Waals surface area contributed by atoms with Crippen molar-refractivity contribution in [1.82, 2.24) is 9.78 Å². The van der Waals surface area contributed by atoms with Crippen LogP contribution in [0.1, 0.15) is 10.5 Å². The van der Waals surface area contributed by atoms with Crippen molar-refractivity contribution in [1.29, 1.82) is 0 Å². The Bertz CT molecular complexity index is 1170. The van der Waals surface area contributed by atoms with Crippen molar-refractivity contribution in [3.05, 3.63) is 87.4 Å². The Hall–Kier alpha value is -2.98. The normalized spacial score (nSPS) is 10.6. The van der Waals surface area contributed by atoms with Crippen LogP contribution >= 0.6 is 33.9 Å². The highest BCUT2D eigenvalue weighted by atomic mass is 127. The predicted octanol–water partition coefficient (Wildman–Crippen LogP) is 5.00. The van der Waals surface area contributed by atoms with Gasteiger partial charge >= 0.3 is 5.97 Å². The molecule has 0 saturated carbocycles. The van der Waals surface area contributed by atoms with Gasteiger partial charge in [-0.25, -0.2) is 9.48 Å². The average Bonchev–Trinajstić information content (AvgIpc) is 3.44. The van der Waals surface area contributed by atoms with Crippen LogP contribution in [-0.2, 0) is 9.53 Å². The molecule has 0 fully saturated rings. The molecule has 0 radical (unpaired) electrons. The summed E-state index contributed by atoms with van der Waals surface area (Å²) in [7, 11) is 0. The summed E-state index contributed by atoms with van der Waals surface area (Å²) in [5, 5.41) is 9.27.